The Morgan fingerprint density at radius 1 is 0.902 bits per heavy atom. The maximum atomic E-state index is 13.8. The summed E-state index contributed by atoms with van der Waals surface area (Å²) in [5, 5.41) is 2.90. The SMILES string of the molecule is COc1cccc(CN(C(=O)CN(c2ccc(OCc3ccccc3)cc2)S(C)(=O)=O)[C@@H](C)C(=O)NC(C)(C)C)c1. The minimum Gasteiger partial charge on any atom is -0.497 e. The second-order valence-electron chi connectivity index (χ2n) is 10.8. The van der Waals surface area contributed by atoms with Crippen molar-refractivity contribution in [1.82, 2.24) is 10.2 Å². The minimum atomic E-state index is -3.85. The van der Waals surface area contributed by atoms with Gasteiger partial charge in [-0.25, -0.2) is 8.42 Å². The number of rotatable bonds is 12. The van der Waals surface area contributed by atoms with E-state index in [0.29, 0.717) is 23.8 Å². The van der Waals surface area contributed by atoms with Gasteiger partial charge in [-0.3, -0.25) is 13.9 Å². The Kier molecular flexibility index (Phi) is 10.4. The quantitative estimate of drug-likeness (QED) is 0.341. The lowest BCUT2D eigenvalue weighted by atomic mass is 10.1. The molecule has 0 saturated carbocycles. The molecule has 0 bridgehead atoms. The van der Waals surface area contributed by atoms with Crippen LogP contribution in [0.15, 0.2) is 78.9 Å². The molecule has 3 aromatic rings. The molecule has 1 N–H and O–H groups in total. The summed E-state index contributed by atoms with van der Waals surface area (Å²) in [4.78, 5) is 28.2. The van der Waals surface area contributed by atoms with Crippen LogP contribution < -0.4 is 19.1 Å². The fraction of sp³-hybridized carbons (Fsp3) is 0.355. The lowest BCUT2D eigenvalue weighted by Crippen LogP contribution is -2.54. The first-order chi connectivity index (χ1) is 19.3. The highest BCUT2D eigenvalue weighted by Crippen LogP contribution is 2.24. The van der Waals surface area contributed by atoms with Gasteiger partial charge in [-0.15, -0.1) is 0 Å². The van der Waals surface area contributed by atoms with Crippen LogP contribution in [0.5, 0.6) is 11.5 Å². The van der Waals surface area contributed by atoms with Crippen molar-refractivity contribution in [3.63, 3.8) is 0 Å². The predicted molar refractivity (Wildman–Crippen MR) is 160 cm³/mol. The molecular formula is C31H39N3O6S. The molecule has 10 heteroatoms. The van der Waals surface area contributed by atoms with Crippen LogP contribution in [0, 0.1) is 0 Å². The van der Waals surface area contributed by atoms with E-state index < -0.39 is 34.1 Å². The van der Waals surface area contributed by atoms with E-state index in [4.69, 9.17) is 9.47 Å². The Hall–Kier alpha value is -4.05. The van der Waals surface area contributed by atoms with Crippen LogP contribution in [0.4, 0.5) is 5.69 Å². The number of benzene rings is 3. The summed E-state index contributed by atoms with van der Waals surface area (Å²) in [7, 11) is -2.30. The highest BCUT2D eigenvalue weighted by Gasteiger charge is 2.31. The average molecular weight is 582 g/mol. The van der Waals surface area contributed by atoms with Crippen LogP contribution in [0.2, 0.25) is 0 Å². The number of amides is 2. The number of hydrogen-bond donors (Lipinski definition) is 1. The summed E-state index contributed by atoms with van der Waals surface area (Å²) < 4.78 is 37.9. The molecule has 3 rings (SSSR count). The van der Waals surface area contributed by atoms with Gasteiger partial charge in [0.25, 0.3) is 0 Å². The van der Waals surface area contributed by atoms with E-state index in [1.165, 1.54) is 4.90 Å². The molecule has 0 aliphatic rings. The molecule has 9 nitrogen and oxygen atoms in total. The molecule has 0 unspecified atom stereocenters. The Labute approximate surface area is 243 Å². The molecule has 0 aliphatic heterocycles. The third-order valence-electron chi connectivity index (χ3n) is 6.20. The van der Waals surface area contributed by atoms with Crippen LogP contribution in [0.3, 0.4) is 0 Å². The van der Waals surface area contributed by atoms with E-state index >= 15 is 0 Å². The number of carbonyl (C=O) groups excluding carboxylic acids is 2. The summed E-state index contributed by atoms with van der Waals surface area (Å²) >= 11 is 0. The zero-order valence-corrected chi connectivity index (χ0v) is 25.3. The Morgan fingerprint density at radius 3 is 2.12 bits per heavy atom. The molecule has 0 heterocycles. The van der Waals surface area contributed by atoms with Crippen molar-refractivity contribution in [2.45, 2.75) is 52.4 Å². The number of carbonyl (C=O) groups is 2. The number of sulfonamides is 1. The van der Waals surface area contributed by atoms with Crippen molar-refractivity contribution in [3.05, 3.63) is 90.0 Å². The molecule has 3 aromatic carbocycles. The molecule has 0 saturated heterocycles. The van der Waals surface area contributed by atoms with E-state index in [1.54, 1.807) is 56.5 Å². The first-order valence-corrected chi connectivity index (χ1v) is 15.1. The molecule has 1 atom stereocenters. The summed E-state index contributed by atoms with van der Waals surface area (Å²) in [5.41, 5.74) is 1.53. The second-order valence-corrected chi connectivity index (χ2v) is 12.7. The number of anilines is 1. The zero-order valence-electron chi connectivity index (χ0n) is 24.5. The first-order valence-electron chi connectivity index (χ1n) is 13.3. The molecule has 0 fully saturated rings. The van der Waals surface area contributed by atoms with E-state index in [2.05, 4.69) is 5.32 Å². The maximum Gasteiger partial charge on any atom is 0.244 e. The molecule has 0 spiro atoms. The summed E-state index contributed by atoms with van der Waals surface area (Å²) in [6, 6.07) is 22.5. The van der Waals surface area contributed by atoms with Crippen molar-refractivity contribution in [2.75, 3.05) is 24.2 Å². The monoisotopic (exact) mass is 581 g/mol. The van der Waals surface area contributed by atoms with Crippen molar-refractivity contribution in [3.8, 4) is 11.5 Å². The van der Waals surface area contributed by atoms with Crippen molar-refractivity contribution in [1.29, 1.82) is 0 Å². The van der Waals surface area contributed by atoms with Crippen LogP contribution in [-0.4, -0.2) is 56.6 Å². The fourth-order valence-corrected chi connectivity index (χ4v) is 4.94. The second kappa shape index (κ2) is 13.5. The third kappa shape index (κ3) is 9.53. The van der Waals surface area contributed by atoms with Crippen molar-refractivity contribution < 1.29 is 27.5 Å². The van der Waals surface area contributed by atoms with Crippen LogP contribution in [0.25, 0.3) is 0 Å². The number of nitrogens with one attached hydrogen (secondary N) is 1. The first kappa shape index (κ1) is 31.5. The molecule has 2 amide bonds. The van der Waals surface area contributed by atoms with Gasteiger partial charge in [-0.2, -0.15) is 0 Å². The number of methoxy groups -OCH3 is 1. The Balaban J connectivity index is 1.84. The van der Waals surface area contributed by atoms with Crippen LogP contribution in [0.1, 0.15) is 38.8 Å². The highest BCUT2D eigenvalue weighted by atomic mass is 32.2. The fourth-order valence-electron chi connectivity index (χ4n) is 4.09. The topological polar surface area (TPSA) is 105 Å². The lowest BCUT2D eigenvalue weighted by Gasteiger charge is -2.33. The molecule has 0 radical (unpaired) electrons. The molecule has 41 heavy (non-hydrogen) atoms. The van der Waals surface area contributed by atoms with Gasteiger partial charge in [0, 0.05) is 12.1 Å². The molecule has 220 valence electrons. The average Bonchev–Trinajstić information content (AvgIpc) is 2.92. The van der Waals surface area contributed by atoms with E-state index in [0.717, 1.165) is 21.7 Å². The molecular weight excluding hydrogens is 542 g/mol. The van der Waals surface area contributed by atoms with Crippen molar-refractivity contribution in [2.24, 2.45) is 0 Å². The largest absolute Gasteiger partial charge is 0.497 e. The van der Waals surface area contributed by atoms with Crippen LogP contribution in [-0.2, 0) is 32.8 Å². The molecule has 0 aromatic heterocycles. The van der Waals surface area contributed by atoms with Gasteiger partial charge >= 0.3 is 0 Å². The van der Waals surface area contributed by atoms with E-state index in [1.807, 2.05) is 57.2 Å². The smallest absolute Gasteiger partial charge is 0.244 e. The van der Waals surface area contributed by atoms with Gasteiger partial charge in [-0.1, -0.05) is 42.5 Å². The Bertz CT molecular complexity index is 1420. The highest BCUT2D eigenvalue weighted by molar-refractivity contribution is 7.92. The summed E-state index contributed by atoms with van der Waals surface area (Å²) in [6.45, 7) is 7.14. The minimum absolute atomic E-state index is 0.0820. The third-order valence-corrected chi connectivity index (χ3v) is 7.35. The van der Waals surface area contributed by atoms with Crippen molar-refractivity contribution >= 4 is 27.5 Å². The van der Waals surface area contributed by atoms with E-state index in [9.17, 15) is 18.0 Å². The lowest BCUT2D eigenvalue weighted by molar-refractivity contribution is -0.140. The number of nitrogens with zero attached hydrogens (tertiary/aromatic N) is 2. The Morgan fingerprint density at radius 2 is 1.54 bits per heavy atom. The van der Waals surface area contributed by atoms with E-state index in [-0.39, 0.29) is 12.5 Å². The normalized spacial score (nSPS) is 12.2. The van der Waals surface area contributed by atoms with Crippen LogP contribution >= 0.6 is 0 Å². The van der Waals surface area contributed by atoms with Gasteiger partial charge in [0.05, 0.1) is 19.1 Å². The van der Waals surface area contributed by atoms with Gasteiger partial charge in [0.2, 0.25) is 21.8 Å². The van der Waals surface area contributed by atoms with Gasteiger partial charge in [-0.05, 0) is 75.2 Å². The number of hydrogen-bond acceptors (Lipinski definition) is 6. The van der Waals surface area contributed by atoms with Gasteiger partial charge < -0.3 is 19.7 Å². The summed E-state index contributed by atoms with van der Waals surface area (Å²) in [5.74, 6) is 0.289. The van der Waals surface area contributed by atoms with Gasteiger partial charge in [0.1, 0.15) is 30.7 Å². The zero-order chi connectivity index (χ0) is 30.2. The molecule has 0 aliphatic carbocycles. The van der Waals surface area contributed by atoms with Gasteiger partial charge in [0.15, 0.2) is 0 Å². The predicted octanol–water partition coefficient (Wildman–Crippen LogP) is 4.37. The summed E-state index contributed by atoms with van der Waals surface area (Å²) in [6.07, 6.45) is 1.04. The maximum absolute atomic E-state index is 13.8. The number of ether oxygens (including phenoxy) is 2. The standard InChI is InChI=1S/C31H39N3O6S/c1-23(30(36)32-31(2,3)4)33(20-25-13-10-14-28(19-25)39-5)29(35)21-34(41(6,37)38)26-15-17-27(18-16-26)40-22-24-11-8-7-9-12-24/h7-19,23H,20-22H2,1-6H3,(H,32,36)/t23-/m0/s1.